The van der Waals surface area contributed by atoms with E-state index in [2.05, 4.69) is 31.2 Å². The molecular formula is C8H12BrN3O2. The Bertz CT molecular complexity index is 268. The lowest BCUT2D eigenvalue weighted by atomic mass is 10.3. The lowest BCUT2D eigenvalue weighted by Gasteiger charge is -2.14. The van der Waals surface area contributed by atoms with Crippen LogP contribution in [0.15, 0.2) is 16.9 Å². The number of hydrogen-bond donors (Lipinski definition) is 2. The molecule has 0 spiro atoms. The van der Waals surface area contributed by atoms with Crippen molar-refractivity contribution >= 4 is 21.9 Å². The maximum atomic E-state index is 8.97. The van der Waals surface area contributed by atoms with Crippen LogP contribution in [0, 0.1) is 0 Å². The molecule has 0 aliphatic carbocycles. The van der Waals surface area contributed by atoms with Crippen LogP contribution in [0.5, 0.6) is 0 Å². The van der Waals surface area contributed by atoms with Crippen LogP contribution in [-0.4, -0.2) is 41.4 Å². The van der Waals surface area contributed by atoms with E-state index in [9.17, 15) is 0 Å². The zero-order chi connectivity index (χ0) is 10.4. The van der Waals surface area contributed by atoms with Gasteiger partial charge in [0.15, 0.2) is 0 Å². The van der Waals surface area contributed by atoms with E-state index >= 15 is 0 Å². The maximum Gasteiger partial charge on any atom is 0.223 e. The van der Waals surface area contributed by atoms with Crippen molar-refractivity contribution in [1.29, 1.82) is 0 Å². The molecule has 1 atom stereocenters. The third-order valence-corrected chi connectivity index (χ3v) is 1.95. The minimum atomic E-state index is -0.179. The molecule has 5 nitrogen and oxygen atoms in total. The minimum absolute atomic E-state index is 0.0206. The number of aliphatic hydroxyl groups is 1. The molecule has 0 amide bonds. The predicted octanol–water partition coefficient (Wildman–Crippen LogP) is 0.658. The number of halogens is 1. The van der Waals surface area contributed by atoms with Crippen LogP contribution < -0.4 is 5.32 Å². The summed E-state index contributed by atoms with van der Waals surface area (Å²) in [6.45, 7) is 0.392. The summed E-state index contributed by atoms with van der Waals surface area (Å²) in [7, 11) is 1.58. The van der Waals surface area contributed by atoms with E-state index in [1.54, 1.807) is 19.5 Å². The quantitative estimate of drug-likeness (QED) is 0.815. The van der Waals surface area contributed by atoms with Gasteiger partial charge in [0.25, 0.3) is 0 Å². The molecule has 1 heterocycles. The minimum Gasteiger partial charge on any atom is -0.394 e. The van der Waals surface area contributed by atoms with Crippen LogP contribution in [0.3, 0.4) is 0 Å². The second kappa shape index (κ2) is 5.90. The molecule has 0 saturated heterocycles. The summed E-state index contributed by atoms with van der Waals surface area (Å²) in [6, 6.07) is -0.179. The van der Waals surface area contributed by atoms with Crippen LogP contribution in [-0.2, 0) is 4.74 Å². The Morgan fingerprint density at radius 2 is 2.21 bits per heavy atom. The first-order chi connectivity index (χ1) is 6.76. The van der Waals surface area contributed by atoms with Crippen molar-refractivity contribution in [2.24, 2.45) is 0 Å². The highest BCUT2D eigenvalue weighted by Crippen LogP contribution is 2.07. The second-order valence-electron chi connectivity index (χ2n) is 2.70. The molecule has 0 aromatic carbocycles. The number of hydrogen-bond acceptors (Lipinski definition) is 5. The summed E-state index contributed by atoms with van der Waals surface area (Å²) < 4.78 is 5.72. The van der Waals surface area contributed by atoms with Crippen molar-refractivity contribution in [1.82, 2.24) is 9.97 Å². The van der Waals surface area contributed by atoms with Gasteiger partial charge in [-0.25, -0.2) is 9.97 Å². The van der Waals surface area contributed by atoms with Crippen LogP contribution >= 0.6 is 15.9 Å². The number of ether oxygens (including phenoxy) is 1. The first-order valence-corrected chi connectivity index (χ1v) is 4.89. The molecule has 1 aromatic heterocycles. The van der Waals surface area contributed by atoms with Gasteiger partial charge in [-0.1, -0.05) is 0 Å². The topological polar surface area (TPSA) is 67.3 Å². The summed E-state index contributed by atoms with van der Waals surface area (Å²) in [4.78, 5) is 8.03. The van der Waals surface area contributed by atoms with Gasteiger partial charge in [-0.2, -0.15) is 0 Å². The number of aromatic nitrogens is 2. The fraction of sp³-hybridized carbons (Fsp3) is 0.500. The molecule has 2 N–H and O–H groups in total. The molecule has 1 unspecified atom stereocenters. The summed E-state index contributed by atoms with van der Waals surface area (Å²) in [5, 5.41) is 11.9. The van der Waals surface area contributed by atoms with Crippen LogP contribution in [0.1, 0.15) is 0 Å². The van der Waals surface area contributed by atoms with Gasteiger partial charge < -0.3 is 15.2 Å². The lowest BCUT2D eigenvalue weighted by molar-refractivity contribution is 0.153. The molecular weight excluding hydrogens is 250 g/mol. The standard InChI is InChI=1S/C8H12BrN3O2/c1-14-5-7(4-13)12-8-10-2-6(9)3-11-8/h2-3,7,13H,4-5H2,1H3,(H,10,11,12). The Kier molecular flexibility index (Phi) is 4.78. The molecule has 0 saturated carbocycles. The molecule has 14 heavy (non-hydrogen) atoms. The van der Waals surface area contributed by atoms with Crippen LogP contribution in [0.4, 0.5) is 5.95 Å². The Morgan fingerprint density at radius 1 is 1.57 bits per heavy atom. The average molecular weight is 262 g/mol. The summed E-state index contributed by atoms with van der Waals surface area (Å²) in [6.07, 6.45) is 3.27. The lowest BCUT2D eigenvalue weighted by Crippen LogP contribution is -2.29. The van der Waals surface area contributed by atoms with E-state index in [4.69, 9.17) is 9.84 Å². The zero-order valence-electron chi connectivity index (χ0n) is 7.77. The van der Waals surface area contributed by atoms with Gasteiger partial charge in [0, 0.05) is 19.5 Å². The van der Waals surface area contributed by atoms with Crippen molar-refractivity contribution in [3.05, 3.63) is 16.9 Å². The Morgan fingerprint density at radius 3 is 2.71 bits per heavy atom. The first kappa shape index (κ1) is 11.4. The number of anilines is 1. The number of nitrogens with one attached hydrogen (secondary N) is 1. The van der Waals surface area contributed by atoms with Gasteiger partial charge in [0.05, 0.1) is 23.7 Å². The molecule has 0 aliphatic heterocycles. The average Bonchev–Trinajstić information content (AvgIpc) is 2.20. The Balaban J connectivity index is 2.53. The fourth-order valence-corrected chi connectivity index (χ4v) is 1.12. The number of methoxy groups -OCH3 is 1. The van der Waals surface area contributed by atoms with Crippen molar-refractivity contribution < 1.29 is 9.84 Å². The van der Waals surface area contributed by atoms with Gasteiger partial charge in [0.1, 0.15) is 0 Å². The van der Waals surface area contributed by atoms with Crippen LogP contribution in [0.25, 0.3) is 0 Å². The molecule has 78 valence electrons. The van der Waals surface area contributed by atoms with Crippen molar-refractivity contribution in [2.75, 3.05) is 25.6 Å². The highest BCUT2D eigenvalue weighted by atomic mass is 79.9. The Hall–Kier alpha value is -0.720. The van der Waals surface area contributed by atoms with Gasteiger partial charge in [-0.15, -0.1) is 0 Å². The van der Waals surface area contributed by atoms with Gasteiger partial charge in [0.2, 0.25) is 5.95 Å². The zero-order valence-corrected chi connectivity index (χ0v) is 9.36. The molecule has 1 aromatic rings. The molecule has 0 fully saturated rings. The fourth-order valence-electron chi connectivity index (χ4n) is 0.911. The molecule has 0 radical (unpaired) electrons. The predicted molar refractivity (Wildman–Crippen MR) is 56.1 cm³/mol. The van der Waals surface area contributed by atoms with Gasteiger partial charge >= 0.3 is 0 Å². The maximum absolute atomic E-state index is 8.97. The molecule has 1 rings (SSSR count). The monoisotopic (exact) mass is 261 g/mol. The third-order valence-electron chi connectivity index (χ3n) is 1.54. The number of aliphatic hydroxyl groups excluding tert-OH is 1. The summed E-state index contributed by atoms with van der Waals surface area (Å²) in [5.74, 6) is 0.476. The summed E-state index contributed by atoms with van der Waals surface area (Å²) >= 11 is 3.23. The van der Waals surface area contributed by atoms with Crippen LogP contribution in [0.2, 0.25) is 0 Å². The molecule has 6 heteroatoms. The normalized spacial score (nSPS) is 12.5. The summed E-state index contributed by atoms with van der Waals surface area (Å²) in [5.41, 5.74) is 0. The van der Waals surface area contributed by atoms with E-state index in [0.717, 1.165) is 4.47 Å². The van der Waals surface area contributed by atoms with Crippen molar-refractivity contribution in [3.8, 4) is 0 Å². The van der Waals surface area contributed by atoms with Gasteiger partial charge in [-0.3, -0.25) is 0 Å². The molecule has 0 aliphatic rings. The van der Waals surface area contributed by atoms with E-state index in [1.807, 2.05) is 0 Å². The van der Waals surface area contributed by atoms with Crippen molar-refractivity contribution in [3.63, 3.8) is 0 Å². The number of nitrogens with zero attached hydrogens (tertiary/aromatic N) is 2. The number of rotatable bonds is 5. The largest absolute Gasteiger partial charge is 0.394 e. The highest BCUT2D eigenvalue weighted by molar-refractivity contribution is 9.10. The first-order valence-electron chi connectivity index (χ1n) is 4.10. The SMILES string of the molecule is COCC(CO)Nc1ncc(Br)cn1. The van der Waals surface area contributed by atoms with Crippen molar-refractivity contribution in [2.45, 2.75) is 6.04 Å². The van der Waals surface area contributed by atoms with E-state index in [0.29, 0.717) is 12.6 Å². The Labute approximate surface area is 90.7 Å². The van der Waals surface area contributed by atoms with E-state index in [1.165, 1.54) is 0 Å². The van der Waals surface area contributed by atoms with Gasteiger partial charge in [-0.05, 0) is 15.9 Å². The highest BCUT2D eigenvalue weighted by Gasteiger charge is 2.07. The van der Waals surface area contributed by atoms with E-state index in [-0.39, 0.29) is 12.6 Å². The smallest absolute Gasteiger partial charge is 0.223 e. The third kappa shape index (κ3) is 3.57. The molecule has 0 bridgehead atoms. The second-order valence-corrected chi connectivity index (χ2v) is 3.62. The van der Waals surface area contributed by atoms with E-state index < -0.39 is 0 Å².